The van der Waals surface area contributed by atoms with Crippen LogP contribution in [0.3, 0.4) is 0 Å². The normalized spacial score (nSPS) is 10.9. The van der Waals surface area contributed by atoms with Crippen molar-refractivity contribution in [2.75, 3.05) is 7.05 Å². The van der Waals surface area contributed by atoms with E-state index in [-0.39, 0.29) is 0 Å². The Labute approximate surface area is 131 Å². The topological polar surface area (TPSA) is 29.3 Å². The molecule has 0 spiro atoms. The zero-order valence-electron chi connectivity index (χ0n) is 10.6. The third kappa shape index (κ3) is 4.11. The molecule has 5 heteroatoms. The largest absolute Gasteiger partial charge is 0.389 e. The zero-order chi connectivity index (χ0) is 13.8. The van der Waals surface area contributed by atoms with Gasteiger partial charge >= 0.3 is 0 Å². The van der Waals surface area contributed by atoms with Crippen molar-refractivity contribution in [3.05, 3.63) is 56.2 Å². The molecule has 0 bridgehead atoms. The van der Waals surface area contributed by atoms with Crippen LogP contribution in [0, 0.1) is 0 Å². The molecule has 0 aliphatic carbocycles. The van der Waals surface area contributed by atoms with E-state index in [4.69, 9.17) is 18.0 Å². The summed E-state index contributed by atoms with van der Waals surface area (Å²) >= 11 is 10.3. The average molecular weight is 355 g/mol. The monoisotopic (exact) mass is 354 g/mol. The highest BCUT2D eigenvalue weighted by molar-refractivity contribution is 9.10. The van der Waals surface area contributed by atoms with Crippen LogP contribution >= 0.6 is 39.5 Å². The van der Waals surface area contributed by atoms with Crippen molar-refractivity contribution in [3.8, 4) is 0 Å². The maximum Gasteiger partial charge on any atom is 0.103 e. The van der Waals surface area contributed by atoms with Crippen LogP contribution in [-0.4, -0.2) is 16.9 Å². The van der Waals surface area contributed by atoms with E-state index < -0.39 is 0 Å². The SMILES string of the molecule is CN(Cc1cccc(C(N)=S)c1)Cc1sccc1Br. The van der Waals surface area contributed by atoms with Gasteiger partial charge in [-0.3, -0.25) is 4.90 Å². The third-order valence-electron chi connectivity index (χ3n) is 2.77. The molecule has 0 fully saturated rings. The summed E-state index contributed by atoms with van der Waals surface area (Å²) in [6, 6.07) is 10.2. The first-order valence-electron chi connectivity index (χ1n) is 5.85. The second kappa shape index (κ2) is 6.61. The van der Waals surface area contributed by atoms with Gasteiger partial charge in [0.2, 0.25) is 0 Å². The lowest BCUT2D eigenvalue weighted by Crippen LogP contribution is -2.17. The van der Waals surface area contributed by atoms with Gasteiger partial charge in [-0.1, -0.05) is 30.4 Å². The summed E-state index contributed by atoms with van der Waals surface area (Å²) in [5.41, 5.74) is 7.81. The van der Waals surface area contributed by atoms with Crippen molar-refractivity contribution in [3.63, 3.8) is 0 Å². The Morgan fingerprint density at radius 3 is 2.79 bits per heavy atom. The number of halogens is 1. The van der Waals surface area contributed by atoms with E-state index in [2.05, 4.69) is 51.5 Å². The van der Waals surface area contributed by atoms with E-state index in [0.29, 0.717) is 4.99 Å². The number of hydrogen-bond donors (Lipinski definition) is 1. The van der Waals surface area contributed by atoms with Crippen molar-refractivity contribution in [2.45, 2.75) is 13.1 Å². The minimum atomic E-state index is 0.450. The van der Waals surface area contributed by atoms with Gasteiger partial charge in [-0.15, -0.1) is 11.3 Å². The number of thiocarbonyl (C=S) groups is 1. The van der Waals surface area contributed by atoms with Gasteiger partial charge in [-0.2, -0.15) is 0 Å². The summed E-state index contributed by atoms with van der Waals surface area (Å²) < 4.78 is 1.18. The molecule has 0 atom stereocenters. The molecule has 1 aromatic carbocycles. The number of thiophene rings is 1. The van der Waals surface area contributed by atoms with Crippen molar-refractivity contribution in [1.82, 2.24) is 4.90 Å². The maximum absolute atomic E-state index is 5.66. The number of nitrogens with zero attached hydrogens (tertiary/aromatic N) is 1. The highest BCUT2D eigenvalue weighted by atomic mass is 79.9. The summed E-state index contributed by atoms with van der Waals surface area (Å²) in [6.07, 6.45) is 0. The molecule has 0 amide bonds. The van der Waals surface area contributed by atoms with Crippen molar-refractivity contribution < 1.29 is 0 Å². The van der Waals surface area contributed by atoms with E-state index >= 15 is 0 Å². The molecule has 0 aliphatic rings. The van der Waals surface area contributed by atoms with E-state index in [1.54, 1.807) is 11.3 Å². The van der Waals surface area contributed by atoms with Crippen LogP contribution < -0.4 is 5.73 Å². The Kier molecular flexibility index (Phi) is 5.10. The van der Waals surface area contributed by atoms with Crippen LogP contribution in [0.15, 0.2) is 40.2 Å². The Morgan fingerprint density at radius 2 is 2.16 bits per heavy atom. The van der Waals surface area contributed by atoms with E-state index in [9.17, 15) is 0 Å². The highest BCUT2D eigenvalue weighted by Crippen LogP contribution is 2.24. The van der Waals surface area contributed by atoms with Gasteiger partial charge in [0.25, 0.3) is 0 Å². The van der Waals surface area contributed by atoms with Gasteiger partial charge < -0.3 is 5.73 Å². The molecule has 2 nitrogen and oxygen atoms in total. The molecular weight excluding hydrogens is 340 g/mol. The van der Waals surface area contributed by atoms with Crippen LogP contribution in [-0.2, 0) is 13.1 Å². The number of rotatable bonds is 5. The first-order chi connectivity index (χ1) is 9.06. The third-order valence-corrected chi connectivity index (χ3v) is 4.92. The fraction of sp³-hybridized carbons (Fsp3) is 0.214. The minimum absolute atomic E-state index is 0.450. The Hall–Kier alpha value is -0.750. The second-order valence-electron chi connectivity index (χ2n) is 4.43. The average Bonchev–Trinajstić information content (AvgIpc) is 2.75. The molecular formula is C14H15BrN2S2. The molecule has 2 rings (SSSR count). The Balaban J connectivity index is 2.02. The van der Waals surface area contributed by atoms with Crippen LogP contribution in [0.4, 0.5) is 0 Å². The molecule has 0 aliphatic heterocycles. The quantitative estimate of drug-likeness (QED) is 0.828. The molecule has 0 saturated carbocycles. The standard InChI is InChI=1S/C14H15BrN2S2/c1-17(9-13-12(15)5-6-19-13)8-10-3-2-4-11(7-10)14(16)18/h2-7H,8-9H2,1H3,(H2,16,18). The van der Waals surface area contributed by atoms with Gasteiger partial charge in [-0.05, 0) is 46.1 Å². The predicted molar refractivity (Wildman–Crippen MR) is 89.5 cm³/mol. The molecule has 0 saturated heterocycles. The van der Waals surface area contributed by atoms with E-state index in [0.717, 1.165) is 18.7 Å². The number of hydrogen-bond acceptors (Lipinski definition) is 3. The van der Waals surface area contributed by atoms with Gasteiger partial charge in [0.05, 0.1) is 0 Å². The van der Waals surface area contributed by atoms with Crippen LogP contribution in [0.25, 0.3) is 0 Å². The van der Waals surface area contributed by atoms with Crippen molar-refractivity contribution >= 4 is 44.5 Å². The molecule has 0 radical (unpaired) electrons. The number of nitrogens with two attached hydrogens (primary N) is 1. The van der Waals surface area contributed by atoms with Crippen molar-refractivity contribution in [2.24, 2.45) is 5.73 Å². The lowest BCUT2D eigenvalue weighted by molar-refractivity contribution is 0.321. The molecule has 1 aromatic heterocycles. The summed E-state index contributed by atoms with van der Waals surface area (Å²) in [4.78, 5) is 4.06. The number of benzene rings is 1. The summed E-state index contributed by atoms with van der Waals surface area (Å²) in [5.74, 6) is 0. The lowest BCUT2D eigenvalue weighted by Gasteiger charge is -2.16. The highest BCUT2D eigenvalue weighted by Gasteiger charge is 2.07. The molecule has 1 heterocycles. The van der Waals surface area contributed by atoms with E-state index in [1.165, 1.54) is 14.9 Å². The second-order valence-corrected chi connectivity index (χ2v) is 6.72. The molecule has 2 aromatic rings. The Bertz CT molecular complexity index is 580. The first kappa shape index (κ1) is 14.7. The summed E-state index contributed by atoms with van der Waals surface area (Å²) in [7, 11) is 2.11. The maximum atomic E-state index is 5.66. The first-order valence-corrected chi connectivity index (χ1v) is 7.93. The molecule has 100 valence electrons. The van der Waals surface area contributed by atoms with Crippen molar-refractivity contribution in [1.29, 1.82) is 0 Å². The van der Waals surface area contributed by atoms with Gasteiger partial charge in [-0.25, -0.2) is 0 Å². The molecule has 19 heavy (non-hydrogen) atoms. The fourth-order valence-corrected chi connectivity index (χ4v) is 3.56. The molecule has 2 N–H and O–H groups in total. The smallest absolute Gasteiger partial charge is 0.103 e. The van der Waals surface area contributed by atoms with E-state index in [1.807, 2.05) is 12.1 Å². The lowest BCUT2D eigenvalue weighted by atomic mass is 10.1. The summed E-state index contributed by atoms with van der Waals surface area (Å²) in [6.45, 7) is 1.80. The van der Waals surface area contributed by atoms with Crippen LogP contribution in [0.2, 0.25) is 0 Å². The molecule has 0 unspecified atom stereocenters. The van der Waals surface area contributed by atoms with Gasteiger partial charge in [0.1, 0.15) is 4.99 Å². The fourth-order valence-electron chi connectivity index (χ4n) is 1.87. The van der Waals surface area contributed by atoms with Crippen LogP contribution in [0.1, 0.15) is 16.0 Å². The van der Waals surface area contributed by atoms with Gasteiger partial charge in [0.15, 0.2) is 0 Å². The summed E-state index contributed by atoms with van der Waals surface area (Å²) in [5, 5.41) is 2.10. The van der Waals surface area contributed by atoms with Gasteiger partial charge in [0, 0.05) is 28.0 Å². The Morgan fingerprint density at radius 1 is 1.37 bits per heavy atom. The zero-order valence-corrected chi connectivity index (χ0v) is 13.8. The van der Waals surface area contributed by atoms with Crippen LogP contribution in [0.5, 0.6) is 0 Å². The minimum Gasteiger partial charge on any atom is -0.389 e. The predicted octanol–water partition coefficient (Wildman–Crippen LogP) is 3.78.